The normalized spacial score (nSPS) is 14.7. The van der Waals surface area contributed by atoms with E-state index >= 15 is 0 Å². The van der Waals surface area contributed by atoms with Crippen LogP contribution in [-0.4, -0.2) is 36.1 Å². The van der Waals surface area contributed by atoms with Crippen LogP contribution < -0.4 is 9.80 Å². The van der Waals surface area contributed by atoms with Gasteiger partial charge in [0.2, 0.25) is 0 Å². The molecule has 0 atom stereocenters. The third-order valence-corrected chi connectivity index (χ3v) is 5.09. The van der Waals surface area contributed by atoms with Crippen LogP contribution in [0.4, 0.5) is 11.4 Å². The molecule has 1 fully saturated rings. The van der Waals surface area contributed by atoms with Crippen LogP contribution in [0.25, 0.3) is 22.4 Å². The number of piperazine rings is 1. The van der Waals surface area contributed by atoms with Gasteiger partial charge >= 0.3 is 0 Å². The molecule has 27 heavy (non-hydrogen) atoms. The zero-order valence-corrected chi connectivity index (χ0v) is 15.0. The predicted octanol–water partition coefficient (Wildman–Crippen LogP) is 4.22. The summed E-state index contributed by atoms with van der Waals surface area (Å²) in [4.78, 5) is 13.5. The van der Waals surface area contributed by atoms with Crippen LogP contribution in [0.2, 0.25) is 0 Å². The second-order valence-corrected chi connectivity index (χ2v) is 6.70. The second kappa shape index (κ2) is 6.76. The molecule has 5 nitrogen and oxygen atoms in total. The maximum Gasteiger partial charge on any atom is 0.155 e. The van der Waals surface area contributed by atoms with Crippen LogP contribution in [0.1, 0.15) is 0 Å². The molecule has 5 rings (SSSR count). The molecule has 134 valence electrons. The lowest BCUT2D eigenvalue weighted by molar-refractivity contribution is 0.624. The van der Waals surface area contributed by atoms with Crippen molar-refractivity contribution in [1.82, 2.24) is 9.97 Å². The molecule has 3 aromatic heterocycles. The van der Waals surface area contributed by atoms with Gasteiger partial charge < -0.3 is 14.2 Å². The summed E-state index contributed by atoms with van der Waals surface area (Å²) < 4.78 is 6.07. The minimum atomic E-state index is 0.823. The number of anilines is 2. The first-order valence-corrected chi connectivity index (χ1v) is 9.22. The molecule has 0 N–H and O–H groups in total. The van der Waals surface area contributed by atoms with Crippen LogP contribution in [0, 0.1) is 0 Å². The quantitative estimate of drug-likeness (QED) is 0.550. The second-order valence-electron chi connectivity index (χ2n) is 6.70. The molecule has 0 radical (unpaired) electrons. The van der Waals surface area contributed by atoms with E-state index in [-0.39, 0.29) is 0 Å². The Labute approximate surface area is 157 Å². The lowest BCUT2D eigenvalue weighted by atomic mass is 10.1. The number of para-hydroxylation sites is 1. The number of hydrogen-bond donors (Lipinski definition) is 0. The molecule has 0 bridgehead atoms. The highest BCUT2D eigenvalue weighted by molar-refractivity contribution is 5.84. The van der Waals surface area contributed by atoms with Crippen molar-refractivity contribution in [3.8, 4) is 11.5 Å². The van der Waals surface area contributed by atoms with Crippen molar-refractivity contribution in [3.63, 3.8) is 0 Å². The average Bonchev–Trinajstić information content (AvgIpc) is 3.19. The van der Waals surface area contributed by atoms with E-state index < -0.39 is 0 Å². The minimum absolute atomic E-state index is 0.823. The standard InChI is InChI=1S/C22H20N4O/c1-2-6-20-17(4-1)16-21(27-20)22-19(5-3-9-24-22)26-14-12-25(13-15-26)18-7-10-23-11-8-18/h1-11,16H,12-15H2. The minimum Gasteiger partial charge on any atom is -0.454 e. The SMILES string of the molecule is c1cnc(-c2cc3ccccc3o2)c(N2CCN(c3ccncc3)CC2)c1. The van der Waals surface area contributed by atoms with Crippen molar-refractivity contribution in [2.75, 3.05) is 36.0 Å². The van der Waals surface area contributed by atoms with E-state index in [0.717, 1.165) is 54.3 Å². The Hall–Kier alpha value is -3.34. The summed E-state index contributed by atoms with van der Waals surface area (Å²) in [5.41, 5.74) is 4.16. The molecule has 1 aliphatic heterocycles. The molecule has 0 aliphatic carbocycles. The van der Waals surface area contributed by atoms with Gasteiger partial charge in [-0.1, -0.05) is 18.2 Å². The maximum atomic E-state index is 6.07. The molecule has 5 heteroatoms. The Bertz CT molecular complexity index is 1020. The Morgan fingerprint density at radius 1 is 0.778 bits per heavy atom. The summed E-state index contributed by atoms with van der Waals surface area (Å²) in [5.74, 6) is 0.823. The molecule has 0 unspecified atom stereocenters. The largest absolute Gasteiger partial charge is 0.454 e. The molecule has 4 aromatic rings. The Morgan fingerprint density at radius 3 is 2.37 bits per heavy atom. The third kappa shape index (κ3) is 3.01. The highest BCUT2D eigenvalue weighted by Crippen LogP contribution is 2.33. The number of nitrogens with zero attached hydrogens (tertiary/aromatic N) is 4. The lowest BCUT2D eigenvalue weighted by Gasteiger charge is -2.37. The van der Waals surface area contributed by atoms with Gasteiger partial charge in [0, 0.05) is 55.8 Å². The molecular formula is C22H20N4O. The highest BCUT2D eigenvalue weighted by Gasteiger charge is 2.21. The molecule has 1 aliphatic rings. The van der Waals surface area contributed by atoms with E-state index in [1.807, 2.05) is 42.9 Å². The first-order chi connectivity index (χ1) is 13.4. The summed E-state index contributed by atoms with van der Waals surface area (Å²) in [7, 11) is 0. The molecule has 0 spiro atoms. The fourth-order valence-corrected chi connectivity index (χ4v) is 3.70. The topological polar surface area (TPSA) is 45.4 Å². The monoisotopic (exact) mass is 356 g/mol. The van der Waals surface area contributed by atoms with Gasteiger partial charge in [0.25, 0.3) is 0 Å². The summed E-state index contributed by atoms with van der Waals surface area (Å²) in [6.07, 6.45) is 5.53. The Kier molecular flexibility index (Phi) is 3.98. The van der Waals surface area contributed by atoms with E-state index in [1.165, 1.54) is 5.69 Å². The van der Waals surface area contributed by atoms with Crippen molar-refractivity contribution < 1.29 is 4.42 Å². The van der Waals surface area contributed by atoms with E-state index in [0.29, 0.717) is 0 Å². The van der Waals surface area contributed by atoms with Gasteiger partial charge in [-0.2, -0.15) is 0 Å². The first kappa shape index (κ1) is 15.9. The fraction of sp³-hybridized carbons (Fsp3) is 0.182. The van der Waals surface area contributed by atoms with E-state index in [4.69, 9.17) is 4.42 Å². The summed E-state index contributed by atoms with van der Waals surface area (Å²) in [6.45, 7) is 3.83. The summed E-state index contributed by atoms with van der Waals surface area (Å²) >= 11 is 0. The maximum absolute atomic E-state index is 6.07. The Morgan fingerprint density at radius 2 is 1.56 bits per heavy atom. The van der Waals surface area contributed by atoms with Crippen molar-refractivity contribution in [3.05, 3.63) is 73.2 Å². The van der Waals surface area contributed by atoms with Gasteiger partial charge in [-0.3, -0.25) is 9.97 Å². The molecular weight excluding hydrogens is 336 g/mol. The zero-order valence-electron chi connectivity index (χ0n) is 15.0. The van der Waals surface area contributed by atoms with E-state index in [1.54, 1.807) is 0 Å². The molecule has 1 saturated heterocycles. The predicted molar refractivity (Wildman–Crippen MR) is 108 cm³/mol. The van der Waals surface area contributed by atoms with E-state index in [9.17, 15) is 0 Å². The summed E-state index contributed by atoms with van der Waals surface area (Å²) in [6, 6.07) is 18.4. The lowest BCUT2D eigenvalue weighted by Crippen LogP contribution is -2.46. The van der Waals surface area contributed by atoms with Crippen LogP contribution in [-0.2, 0) is 0 Å². The van der Waals surface area contributed by atoms with Crippen LogP contribution in [0.3, 0.4) is 0 Å². The van der Waals surface area contributed by atoms with Gasteiger partial charge in [0.1, 0.15) is 11.3 Å². The van der Waals surface area contributed by atoms with Gasteiger partial charge in [0.05, 0.1) is 5.69 Å². The third-order valence-electron chi connectivity index (χ3n) is 5.09. The summed E-state index contributed by atoms with van der Waals surface area (Å²) in [5, 5.41) is 1.10. The zero-order chi connectivity index (χ0) is 18.1. The van der Waals surface area contributed by atoms with Gasteiger partial charge in [0.15, 0.2) is 5.76 Å². The highest BCUT2D eigenvalue weighted by atomic mass is 16.3. The molecule has 0 saturated carbocycles. The van der Waals surface area contributed by atoms with Crippen molar-refractivity contribution in [1.29, 1.82) is 0 Å². The fourth-order valence-electron chi connectivity index (χ4n) is 3.70. The van der Waals surface area contributed by atoms with Crippen molar-refractivity contribution in [2.24, 2.45) is 0 Å². The van der Waals surface area contributed by atoms with Crippen LogP contribution in [0.15, 0.2) is 77.6 Å². The number of pyridine rings is 2. The van der Waals surface area contributed by atoms with Crippen molar-refractivity contribution in [2.45, 2.75) is 0 Å². The molecule has 4 heterocycles. The first-order valence-electron chi connectivity index (χ1n) is 9.22. The van der Waals surface area contributed by atoms with E-state index in [2.05, 4.69) is 50.1 Å². The number of benzene rings is 1. The van der Waals surface area contributed by atoms with Gasteiger partial charge in [-0.25, -0.2) is 0 Å². The number of rotatable bonds is 3. The number of furan rings is 1. The van der Waals surface area contributed by atoms with Crippen molar-refractivity contribution >= 4 is 22.3 Å². The number of hydrogen-bond acceptors (Lipinski definition) is 5. The molecule has 1 aromatic carbocycles. The molecule has 0 amide bonds. The van der Waals surface area contributed by atoms with Crippen LogP contribution in [0.5, 0.6) is 0 Å². The number of fused-ring (bicyclic) bond motifs is 1. The van der Waals surface area contributed by atoms with Gasteiger partial charge in [-0.05, 0) is 36.4 Å². The average molecular weight is 356 g/mol. The smallest absolute Gasteiger partial charge is 0.155 e. The Balaban J connectivity index is 1.42. The van der Waals surface area contributed by atoms with Crippen LogP contribution >= 0.6 is 0 Å². The number of aromatic nitrogens is 2. The van der Waals surface area contributed by atoms with Gasteiger partial charge in [-0.15, -0.1) is 0 Å².